The second-order valence-corrected chi connectivity index (χ2v) is 8.90. The molecule has 0 bridgehead atoms. The number of fused-ring (bicyclic) bond motifs is 5. The normalized spacial score (nSPS) is 23.7. The topological polar surface area (TPSA) is 46.5 Å². The molecule has 0 N–H and O–H groups in total. The molecule has 4 aliphatic rings. The Bertz CT molecular complexity index is 1010. The molecule has 4 heterocycles. The number of piperidine rings is 1. The number of likely N-dealkylation sites (tertiary alicyclic amines) is 1. The Morgan fingerprint density at radius 3 is 2.65 bits per heavy atom. The van der Waals surface area contributed by atoms with Crippen LogP contribution in [0.2, 0.25) is 0 Å². The van der Waals surface area contributed by atoms with Gasteiger partial charge in [-0.25, -0.2) is 5.01 Å². The maximum Gasteiger partial charge on any atom is 0.200 e. The van der Waals surface area contributed by atoms with Crippen LogP contribution in [-0.2, 0) is 0 Å². The average molecular weight is 420 g/mol. The molecule has 1 saturated heterocycles. The second kappa shape index (κ2) is 7.45. The molecule has 0 amide bonds. The number of rotatable bonds is 3. The molecule has 6 nitrogen and oxygen atoms in total. The van der Waals surface area contributed by atoms with E-state index in [1.54, 1.807) is 0 Å². The molecule has 0 aliphatic carbocycles. The van der Waals surface area contributed by atoms with Gasteiger partial charge in [-0.3, -0.25) is 0 Å². The van der Waals surface area contributed by atoms with Crippen LogP contribution in [-0.4, -0.2) is 54.2 Å². The van der Waals surface area contributed by atoms with Crippen LogP contribution in [0.15, 0.2) is 47.6 Å². The van der Waals surface area contributed by atoms with Crippen molar-refractivity contribution in [3.8, 4) is 17.2 Å². The van der Waals surface area contributed by atoms with Crippen molar-refractivity contribution in [2.45, 2.75) is 44.4 Å². The summed E-state index contributed by atoms with van der Waals surface area (Å²) in [6, 6.07) is 14.9. The summed E-state index contributed by atoms with van der Waals surface area (Å²) in [5, 5.41) is 7.47. The van der Waals surface area contributed by atoms with Crippen molar-refractivity contribution in [1.82, 2.24) is 9.91 Å². The summed E-state index contributed by atoms with van der Waals surface area (Å²) >= 11 is 0. The Kier molecular flexibility index (Phi) is 4.56. The largest absolute Gasteiger partial charge is 0.486 e. The lowest BCUT2D eigenvalue weighted by atomic mass is 9.90. The van der Waals surface area contributed by atoms with Crippen LogP contribution < -0.4 is 14.2 Å². The van der Waals surface area contributed by atoms with Gasteiger partial charge < -0.3 is 19.1 Å². The summed E-state index contributed by atoms with van der Waals surface area (Å²) in [6.45, 7) is 6.70. The van der Waals surface area contributed by atoms with E-state index < -0.39 is 0 Å². The summed E-state index contributed by atoms with van der Waals surface area (Å²) in [5.74, 6) is 2.65. The van der Waals surface area contributed by atoms with Gasteiger partial charge in [-0.2, -0.15) is 5.10 Å². The van der Waals surface area contributed by atoms with Gasteiger partial charge in [0.1, 0.15) is 19.0 Å². The van der Waals surface area contributed by atoms with Gasteiger partial charge in [0.2, 0.25) is 5.72 Å². The zero-order valence-electron chi connectivity index (χ0n) is 18.0. The Balaban J connectivity index is 1.36. The molecule has 0 radical (unpaired) electrons. The SMILES string of the molecule is CCCN1CCC2(CC1)Oc1ccccc1[C@H]1CC(c3ccc4c(c3)OCCO4)=NN12. The molecular formula is C25H29N3O3. The molecule has 0 unspecified atom stereocenters. The highest BCUT2D eigenvalue weighted by Crippen LogP contribution is 2.50. The predicted molar refractivity (Wildman–Crippen MR) is 119 cm³/mol. The van der Waals surface area contributed by atoms with Crippen LogP contribution in [0, 0.1) is 0 Å². The summed E-state index contributed by atoms with van der Waals surface area (Å²) in [6.07, 6.45) is 4.00. The van der Waals surface area contributed by atoms with Crippen molar-refractivity contribution in [2.75, 3.05) is 32.8 Å². The maximum atomic E-state index is 6.72. The van der Waals surface area contributed by atoms with Gasteiger partial charge in [-0.15, -0.1) is 0 Å². The number of para-hydroxylation sites is 1. The molecular weight excluding hydrogens is 390 g/mol. The molecule has 4 aliphatic heterocycles. The molecule has 1 atom stereocenters. The van der Waals surface area contributed by atoms with Crippen LogP contribution in [0.3, 0.4) is 0 Å². The first-order chi connectivity index (χ1) is 15.3. The predicted octanol–water partition coefficient (Wildman–Crippen LogP) is 4.20. The molecule has 1 fully saturated rings. The first-order valence-corrected chi connectivity index (χ1v) is 11.5. The molecule has 6 heteroatoms. The summed E-state index contributed by atoms with van der Waals surface area (Å²) in [4.78, 5) is 2.55. The Morgan fingerprint density at radius 1 is 1.00 bits per heavy atom. The summed E-state index contributed by atoms with van der Waals surface area (Å²) < 4.78 is 18.2. The Hall–Kier alpha value is -2.73. The van der Waals surface area contributed by atoms with Crippen molar-refractivity contribution >= 4 is 5.71 Å². The first kappa shape index (κ1) is 19.0. The molecule has 6 rings (SSSR count). The molecule has 162 valence electrons. The van der Waals surface area contributed by atoms with Gasteiger partial charge >= 0.3 is 0 Å². The Labute approximate surface area is 183 Å². The highest BCUT2D eigenvalue weighted by Gasteiger charge is 2.51. The van der Waals surface area contributed by atoms with E-state index in [0.717, 1.165) is 67.4 Å². The summed E-state index contributed by atoms with van der Waals surface area (Å²) in [5.41, 5.74) is 3.08. The zero-order chi connectivity index (χ0) is 20.8. The van der Waals surface area contributed by atoms with Crippen molar-refractivity contribution in [3.05, 3.63) is 53.6 Å². The maximum absolute atomic E-state index is 6.72. The molecule has 2 aromatic carbocycles. The number of hydrogen-bond acceptors (Lipinski definition) is 6. The van der Waals surface area contributed by atoms with Gasteiger partial charge in [0.15, 0.2) is 11.5 Å². The van der Waals surface area contributed by atoms with E-state index in [2.05, 4.69) is 53.2 Å². The number of hydrazone groups is 1. The fourth-order valence-corrected chi connectivity index (χ4v) is 5.40. The number of hydrogen-bond donors (Lipinski definition) is 0. The molecule has 2 aromatic rings. The van der Waals surface area contributed by atoms with Crippen molar-refractivity contribution < 1.29 is 14.2 Å². The van der Waals surface area contributed by atoms with Gasteiger partial charge in [-0.05, 0) is 37.2 Å². The average Bonchev–Trinajstić information content (AvgIpc) is 3.28. The minimum atomic E-state index is -0.362. The molecule has 1 spiro atoms. The van der Waals surface area contributed by atoms with E-state index >= 15 is 0 Å². The third-order valence-corrected chi connectivity index (χ3v) is 6.96. The molecule has 0 aromatic heterocycles. The van der Waals surface area contributed by atoms with Crippen LogP contribution in [0.1, 0.15) is 49.8 Å². The van der Waals surface area contributed by atoms with Crippen LogP contribution in [0.5, 0.6) is 17.2 Å². The first-order valence-electron chi connectivity index (χ1n) is 11.5. The smallest absolute Gasteiger partial charge is 0.200 e. The second-order valence-electron chi connectivity index (χ2n) is 8.90. The molecule has 0 saturated carbocycles. The number of benzene rings is 2. The highest BCUT2D eigenvalue weighted by atomic mass is 16.6. The van der Waals surface area contributed by atoms with E-state index in [0.29, 0.717) is 13.2 Å². The molecule has 31 heavy (non-hydrogen) atoms. The van der Waals surface area contributed by atoms with Crippen molar-refractivity contribution in [2.24, 2.45) is 5.10 Å². The summed E-state index contributed by atoms with van der Waals surface area (Å²) in [7, 11) is 0. The Morgan fingerprint density at radius 2 is 1.81 bits per heavy atom. The zero-order valence-corrected chi connectivity index (χ0v) is 18.0. The quantitative estimate of drug-likeness (QED) is 0.746. The number of nitrogens with zero attached hydrogens (tertiary/aromatic N) is 3. The van der Waals surface area contributed by atoms with Gasteiger partial charge in [0.25, 0.3) is 0 Å². The van der Waals surface area contributed by atoms with Gasteiger partial charge in [-0.1, -0.05) is 25.1 Å². The van der Waals surface area contributed by atoms with Crippen molar-refractivity contribution in [3.63, 3.8) is 0 Å². The minimum absolute atomic E-state index is 0.214. The van der Waals surface area contributed by atoms with Gasteiger partial charge in [0.05, 0.1) is 11.8 Å². The third kappa shape index (κ3) is 3.16. The lowest BCUT2D eigenvalue weighted by Gasteiger charge is -2.51. The van der Waals surface area contributed by atoms with E-state index in [9.17, 15) is 0 Å². The fraction of sp³-hybridized carbons (Fsp3) is 0.480. The highest BCUT2D eigenvalue weighted by molar-refractivity contribution is 6.02. The van der Waals surface area contributed by atoms with Crippen LogP contribution in [0.4, 0.5) is 0 Å². The fourth-order valence-electron chi connectivity index (χ4n) is 5.40. The van der Waals surface area contributed by atoms with E-state index in [1.165, 1.54) is 12.0 Å². The van der Waals surface area contributed by atoms with Gasteiger partial charge in [0, 0.05) is 43.5 Å². The van der Waals surface area contributed by atoms with E-state index in [4.69, 9.17) is 19.3 Å². The van der Waals surface area contributed by atoms with Crippen molar-refractivity contribution in [1.29, 1.82) is 0 Å². The van der Waals surface area contributed by atoms with Crippen LogP contribution in [0.25, 0.3) is 0 Å². The minimum Gasteiger partial charge on any atom is -0.486 e. The lowest BCUT2D eigenvalue weighted by Crippen LogP contribution is -2.59. The monoisotopic (exact) mass is 419 g/mol. The van der Waals surface area contributed by atoms with E-state index in [1.807, 2.05) is 6.07 Å². The standard InChI is InChI=1S/C25H29N3O3/c1-2-11-27-12-9-25(10-13-27)28-21(19-5-3-4-6-22(19)31-25)17-20(26-28)18-7-8-23-24(16-18)30-15-14-29-23/h3-8,16,21H,2,9-15,17H2,1H3/t21-/m1/s1. The third-order valence-electron chi connectivity index (χ3n) is 6.96. The van der Waals surface area contributed by atoms with Crippen LogP contribution >= 0.6 is 0 Å². The van der Waals surface area contributed by atoms with E-state index in [-0.39, 0.29) is 11.8 Å². The number of ether oxygens (including phenoxy) is 3. The lowest BCUT2D eigenvalue weighted by molar-refractivity contribution is -0.149.